The second-order valence-electron chi connectivity index (χ2n) is 11.6. The van der Waals surface area contributed by atoms with Gasteiger partial charge >= 0.3 is 0 Å². The molecule has 4 heterocycles. The van der Waals surface area contributed by atoms with Crippen molar-refractivity contribution in [3.05, 3.63) is 109 Å². The molecule has 0 spiro atoms. The van der Waals surface area contributed by atoms with Crippen molar-refractivity contribution in [1.29, 1.82) is 0 Å². The molecule has 0 radical (unpaired) electrons. The highest BCUT2D eigenvalue weighted by atomic mass is 35.5. The van der Waals surface area contributed by atoms with Gasteiger partial charge in [0.15, 0.2) is 0 Å². The van der Waals surface area contributed by atoms with Crippen molar-refractivity contribution >= 4 is 32.4 Å². The van der Waals surface area contributed by atoms with Crippen LogP contribution in [0.15, 0.2) is 97.7 Å². The molecule has 41 heavy (non-hydrogen) atoms. The summed E-state index contributed by atoms with van der Waals surface area (Å²) in [4.78, 5) is 4.59. The van der Waals surface area contributed by atoms with Gasteiger partial charge < -0.3 is 26.7 Å². The summed E-state index contributed by atoms with van der Waals surface area (Å²) in [5, 5.41) is 18.4. The van der Waals surface area contributed by atoms with E-state index in [0.717, 1.165) is 52.8 Å². The highest BCUT2D eigenvalue weighted by Crippen LogP contribution is 2.49. The van der Waals surface area contributed by atoms with E-state index in [2.05, 4.69) is 72.2 Å². The second-order valence-corrected chi connectivity index (χ2v) is 11.6. The molecular formula is C36H39ClN2O2. The third-order valence-corrected chi connectivity index (χ3v) is 9.70. The topological polar surface area (TPSA) is 42.4 Å². The van der Waals surface area contributed by atoms with E-state index in [1.165, 1.54) is 33.5 Å². The average molecular weight is 567 g/mol. The first-order valence-corrected chi connectivity index (χ1v) is 14.1. The van der Waals surface area contributed by atoms with Crippen LogP contribution in [0.1, 0.15) is 37.5 Å². The Bertz CT molecular complexity index is 1670. The van der Waals surface area contributed by atoms with E-state index >= 15 is 0 Å². The zero-order chi connectivity index (χ0) is 26.6. The van der Waals surface area contributed by atoms with Crippen molar-refractivity contribution in [3.8, 4) is 5.75 Å². The number of hydrogen-bond donors (Lipinski definition) is 1. The smallest absolute Gasteiger partial charge is 0.131 e. The number of methoxy groups -OCH3 is 1. The van der Waals surface area contributed by atoms with Crippen LogP contribution in [0.5, 0.6) is 5.75 Å². The molecule has 0 aliphatic carbocycles. The Morgan fingerprint density at radius 2 is 1.71 bits per heavy atom. The highest BCUT2D eigenvalue weighted by molar-refractivity contribution is 6.02. The normalized spacial score (nSPS) is 24.0. The molecule has 2 bridgehead atoms. The molecule has 1 N–H and O–H groups in total. The molecule has 4 aromatic carbocycles. The number of aliphatic hydroxyl groups excluding tert-OH is 1. The molecule has 4 nitrogen and oxygen atoms in total. The van der Waals surface area contributed by atoms with Gasteiger partial charge in [-0.05, 0) is 63.4 Å². The molecule has 0 saturated carbocycles. The third kappa shape index (κ3) is 4.78. The number of fused-ring (bicyclic) bond motifs is 6. The molecule has 8 rings (SSSR count). The van der Waals surface area contributed by atoms with E-state index in [4.69, 9.17) is 4.74 Å². The zero-order valence-electron chi connectivity index (χ0n) is 22.8. The van der Waals surface area contributed by atoms with Crippen molar-refractivity contribution in [2.75, 3.05) is 20.2 Å². The van der Waals surface area contributed by atoms with Crippen LogP contribution < -0.4 is 17.1 Å². The minimum Gasteiger partial charge on any atom is -1.00 e. The van der Waals surface area contributed by atoms with Gasteiger partial charge in [-0.15, -0.1) is 6.58 Å². The van der Waals surface area contributed by atoms with Crippen molar-refractivity contribution < 1.29 is 26.7 Å². The molecule has 5 heteroatoms. The molecule has 0 amide bonds. The van der Waals surface area contributed by atoms with Crippen LogP contribution in [0.4, 0.5) is 0 Å². The lowest BCUT2D eigenvalue weighted by molar-refractivity contribution is -0.984. The maximum atomic E-state index is 12.2. The molecule has 5 aromatic rings. The van der Waals surface area contributed by atoms with Gasteiger partial charge in [-0.25, -0.2) is 0 Å². The van der Waals surface area contributed by atoms with E-state index in [-0.39, 0.29) is 25.9 Å². The van der Waals surface area contributed by atoms with Crippen LogP contribution in [-0.2, 0) is 6.54 Å². The first-order chi connectivity index (χ1) is 19.1. The number of pyridine rings is 1. The first kappa shape index (κ1) is 29.1. The maximum Gasteiger partial charge on any atom is 0.131 e. The molecule has 3 aliphatic rings. The minimum absolute atomic E-state index is 0. The number of benzene rings is 4. The maximum absolute atomic E-state index is 12.2. The van der Waals surface area contributed by atoms with Gasteiger partial charge in [-0.3, -0.25) is 4.98 Å². The van der Waals surface area contributed by atoms with Crippen LogP contribution in [0.3, 0.4) is 0 Å². The monoisotopic (exact) mass is 566 g/mol. The van der Waals surface area contributed by atoms with Crippen molar-refractivity contribution in [2.24, 2.45) is 11.8 Å². The number of nitrogens with zero attached hydrogens (tertiary/aromatic N) is 2. The Morgan fingerprint density at radius 1 is 1.00 bits per heavy atom. The standard InChI is InChI=1S/C35H35N2O2.CH4.ClH/c1-3-23-21-37(22-32-28-10-6-4-8-25(28)18-26-9-5-7-11-29(26)32)17-15-24(23)19-34(37)35(38)30-14-16-36-33-13-12-27(39-2)20-31(30)33;;/h3-14,16,18,20,23-24,34-35,38H,1,15,17,19,21-22H2,2H3;1H4;1H/q+1;;/p-1/t23?,24?,34?,35-,37?;;/m1../s1. The SMILES string of the molecule is C.C=CC1C[N+]2(Cc3c4ccccc4cc4ccccc34)CCC1CC2[C@H](O)c1ccnc2ccc(OC)cc12.[Cl-]. The predicted octanol–water partition coefficient (Wildman–Crippen LogP) is 4.83. The fraction of sp³-hybridized carbons (Fsp3) is 0.306. The summed E-state index contributed by atoms with van der Waals surface area (Å²) in [6, 6.07) is 27.9. The summed E-state index contributed by atoms with van der Waals surface area (Å²) in [6.07, 6.45) is 5.58. The molecule has 3 saturated heterocycles. The number of aromatic nitrogens is 1. The van der Waals surface area contributed by atoms with Gasteiger partial charge in [0.25, 0.3) is 0 Å². The Morgan fingerprint density at radius 3 is 2.39 bits per heavy atom. The molecule has 4 unspecified atom stereocenters. The summed E-state index contributed by atoms with van der Waals surface area (Å²) in [5.74, 6) is 1.82. The fourth-order valence-corrected chi connectivity index (χ4v) is 7.71. The van der Waals surface area contributed by atoms with Gasteiger partial charge in [-0.1, -0.05) is 62.0 Å². The Hall–Kier alpha value is -3.44. The highest BCUT2D eigenvalue weighted by Gasteiger charge is 2.54. The summed E-state index contributed by atoms with van der Waals surface area (Å²) >= 11 is 0. The number of ether oxygens (including phenoxy) is 1. The van der Waals surface area contributed by atoms with Crippen LogP contribution in [-0.4, -0.2) is 40.8 Å². The quantitative estimate of drug-likeness (QED) is 0.182. The summed E-state index contributed by atoms with van der Waals surface area (Å²) in [6.45, 7) is 7.21. The van der Waals surface area contributed by atoms with Crippen LogP contribution in [0.25, 0.3) is 32.4 Å². The lowest BCUT2D eigenvalue weighted by Crippen LogP contribution is -3.00. The van der Waals surface area contributed by atoms with Crippen LogP contribution in [0.2, 0.25) is 0 Å². The Balaban J connectivity index is 0.00000169. The minimum atomic E-state index is -0.600. The fourth-order valence-electron chi connectivity index (χ4n) is 7.71. The van der Waals surface area contributed by atoms with Crippen LogP contribution in [0, 0.1) is 11.8 Å². The van der Waals surface area contributed by atoms with E-state index < -0.39 is 6.10 Å². The molecule has 5 atom stereocenters. The summed E-state index contributed by atoms with van der Waals surface area (Å²) < 4.78 is 6.41. The molecule has 1 aromatic heterocycles. The molecule has 3 aliphatic heterocycles. The van der Waals surface area contributed by atoms with Crippen LogP contribution >= 0.6 is 0 Å². The van der Waals surface area contributed by atoms with Crippen molar-refractivity contribution in [1.82, 2.24) is 4.98 Å². The summed E-state index contributed by atoms with van der Waals surface area (Å²) in [7, 11) is 1.68. The number of rotatable bonds is 6. The molecular weight excluding hydrogens is 528 g/mol. The van der Waals surface area contributed by atoms with E-state index in [9.17, 15) is 5.11 Å². The predicted molar refractivity (Wildman–Crippen MR) is 165 cm³/mol. The van der Waals surface area contributed by atoms with Gasteiger partial charge in [0, 0.05) is 35.9 Å². The van der Waals surface area contributed by atoms with E-state index in [1.807, 2.05) is 30.5 Å². The number of halogens is 1. The van der Waals surface area contributed by atoms with Crippen molar-refractivity contribution in [3.63, 3.8) is 0 Å². The van der Waals surface area contributed by atoms with Gasteiger partial charge in [0.2, 0.25) is 0 Å². The van der Waals surface area contributed by atoms with Crippen molar-refractivity contribution in [2.45, 2.75) is 39.0 Å². The number of quaternary nitrogens is 1. The van der Waals surface area contributed by atoms with E-state index in [0.29, 0.717) is 11.8 Å². The lowest BCUT2D eigenvalue weighted by atomic mass is 9.71. The first-order valence-electron chi connectivity index (χ1n) is 14.1. The second kappa shape index (κ2) is 11.4. The Kier molecular flexibility index (Phi) is 8.11. The van der Waals surface area contributed by atoms with Gasteiger partial charge in [0.05, 0.1) is 25.7 Å². The number of piperidine rings is 3. The average Bonchev–Trinajstić information content (AvgIpc) is 3.00. The van der Waals surface area contributed by atoms with Gasteiger partial charge in [-0.2, -0.15) is 0 Å². The summed E-state index contributed by atoms with van der Waals surface area (Å²) in [5.41, 5.74) is 3.23. The van der Waals surface area contributed by atoms with E-state index in [1.54, 1.807) is 7.11 Å². The lowest BCUT2D eigenvalue weighted by Gasteiger charge is -2.58. The number of hydrogen-bond acceptors (Lipinski definition) is 3. The largest absolute Gasteiger partial charge is 1.00 e. The molecule has 212 valence electrons. The zero-order valence-corrected chi connectivity index (χ0v) is 23.6. The molecule has 3 fully saturated rings. The third-order valence-electron chi connectivity index (χ3n) is 9.70. The Labute approximate surface area is 249 Å². The van der Waals surface area contributed by atoms with Gasteiger partial charge in [0.1, 0.15) is 24.4 Å². The number of aliphatic hydroxyl groups is 1.